The first kappa shape index (κ1) is 18.0. The van der Waals surface area contributed by atoms with Crippen LogP contribution in [-0.4, -0.2) is 5.78 Å². The Balaban J connectivity index is 1.64. The van der Waals surface area contributed by atoms with E-state index in [4.69, 9.17) is 11.6 Å². The van der Waals surface area contributed by atoms with E-state index in [0.29, 0.717) is 11.4 Å². The van der Waals surface area contributed by atoms with Gasteiger partial charge in [0, 0.05) is 22.7 Å². The highest BCUT2D eigenvalue weighted by atomic mass is 35.5. The normalized spacial score (nSPS) is 20.8. The zero-order chi connectivity index (χ0) is 19.8. The van der Waals surface area contributed by atoms with Gasteiger partial charge < -0.3 is 10.6 Å². The van der Waals surface area contributed by atoms with Crippen LogP contribution in [0.25, 0.3) is 0 Å². The molecule has 0 saturated heterocycles. The largest absolute Gasteiger partial charge is 0.372 e. The summed E-state index contributed by atoms with van der Waals surface area (Å²) in [5.74, 6) is 0.338. The lowest BCUT2D eigenvalue weighted by Crippen LogP contribution is -2.27. The summed E-state index contributed by atoms with van der Waals surface area (Å²) in [6, 6.07) is 25.8. The quantitative estimate of drug-likeness (QED) is 0.528. The molecule has 0 saturated carbocycles. The number of hydrogen-bond donors (Lipinski definition) is 2. The molecule has 3 aromatic rings. The molecule has 0 amide bonds. The molecule has 2 N–H and O–H groups in total. The smallest absolute Gasteiger partial charge is 0.163 e. The average molecular weight is 401 g/mol. The maximum atomic E-state index is 13.4. The van der Waals surface area contributed by atoms with Crippen molar-refractivity contribution in [2.75, 3.05) is 10.6 Å². The molecule has 0 fully saturated rings. The number of carbonyl (C=O) groups is 1. The molecule has 144 valence electrons. The van der Waals surface area contributed by atoms with Crippen molar-refractivity contribution < 1.29 is 4.79 Å². The van der Waals surface area contributed by atoms with E-state index in [2.05, 4.69) is 22.8 Å². The third-order valence-corrected chi connectivity index (χ3v) is 6.14. The Morgan fingerprint density at radius 1 is 0.793 bits per heavy atom. The van der Waals surface area contributed by atoms with Crippen LogP contribution < -0.4 is 10.6 Å². The van der Waals surface area contributed by atoms with Gasteiger partial charge in [0.1, 0.15) is 0 Å². The molecule has 3 aromatic carbocycles. The Bertz CT molecular complexity index is 1110. The monoisotopic (exact) mass is 400 g/mol. The molecule has 2 atom stereocenters. The van der Waals surface area contributed by atoms with E-state index in [9.17, 15) is 4.79 Å². The standard InChI is InChI=1S/C25H21ClN2O/c26-19-11-5-4-10-18(19)25-24-22(27-20-12-6-7-13-21(20)28-25)14-17(15-23(24)29)16-8-2-1-3-9-16/h1-13,17,25,27-28H,14-15H2/t17-,25-/m0/s1. The summed E-state index contributed by atoms with van der Waals surface area (Å²) in [5.41, 5.74) is 5.85. The molecular weight excluding hydrogens is 380 g/mol. The topological polar surface area (TPSA) is 41.1 Å². The number of benzene rings is 3. The number of carbonyl (C=O) groups excluding carboxylic acids is 1. The predicted octanol–water partition coefficient (Wildman–Crippen LogP) is 6.32. The van der Waals surface area contributed by atoms with Gasteiger partial charge in [-0.1, -0.05) is 72.3 Å². The summed E-state index contributed by atoms with van der Waals surface area (Å²) < 4.78 is 0. The molecule has 1 aliphatic heterocycles. The van der Waals surface area contributed by atoms with Crippen LogP contribution in [0.5, 0.6) is 0 Å². The Morgan fingerprint density at radius 2 is 1.48 bits per heavy atom. The van der Waals surface area contributed by atoms with Crippen LogP contribution >= 0.6 is 11.6 Å². The van der Waals surface area contributed by atoms with Gasteiger partial charge in [0.15, 0.2) is 5.78 Å². The average Bonchev–Trinajstić information content (AvgIpc) is 2.91. The van der Waals surface area contributed by atoms with Crippen molar-refractivity contribution >= 4 is 28.8 Å². The van der Waals surface area contributed by atoms with Crippen LogP contribution in [0.15, 0.2) is 90.1 Å². The number of allylic oxidation sites excluding steroid dienone is 1. The van der Waals surface area contributed by atoms with Gasteiger partial charge in [0.2, 0.25) is 0 Å². The lowest BCUT2D eigenvalue weighted by molar-refractivity contribution is -0.116. The van der Waals surface area contributed by atoms with Gasteiger partial charge >= 0.3 is 0 Å². The fourth-order valence-electron chi connectivity index (χ4n) is 4.40. The molecule has 1 heterocycles. The summed E-state index contributed by atoms with van der Waals surface area (Å²) >= 11 is 6.55. The maximum absolute atomic E-state index is 13.4. The highest BCUT2D eigenvalue weighted by molar-refractivity contribution is 6.31. The van der Waals surface area contributed by atoms with Gasteiger partial charge in [-0.05, 0) is 41.7 Å². The Labute approximate surface area is 175 Å². The van der Waals surface area contributed by atoms with E-state index in [1.807, 2.05) is 66.7 Å². The fraction of sp³-hybridized carbons (Fsp3) is 0.160. The van der Waals surface area contributed by atoms with Gasteiger partial charge in [-0.2, -0.15) is 0 Å². The number of halogens is 1. The molecule has 0 aromatic heterocycles. The lowest BCUT2D eigenvalue weighted by Gasteiger charge is -2.30. The first-order valence-electron chi connectivity index (χ1n) is 9.89. The SMILES string of the molecule is O=C1C[C@@H](c2ccccc2)CC2=C1[C@H](c1ccccc1Cl)Nc1ccccc1N2. The van der Waals surface area contributed by atoms with Crippen molar-refractivity contribution in [1.29, 1.82) is 0 Å². The highest BCUT2D eigenvalue weighted by Gasteiger charge is 2.36. The first-order valence-corrected chi connectivity index (χ1v) is 10.3. The van der Waals surface area contributed by atoms with Gasteiger partial charge in [-0.15, -0.1) is 0 Å². The molecule has 4 heteroatoms. The Morgan fingerprint density at radius 3 is 2.28 bits per heavy atom. The number of ketones is 1. The van der Waals surface area contributed by atoms with E-state index in [1.54, 1.807) is 0 Å². The van der Waals surface area contributed by atoms with Crippen molar-refractivity contribution in [2.45, 2.75) is 24.8 Å². The van der Waals surface area contributed by atoms with E-state index in [1.165, 1.54) is 5.56 Å². The molecule has 2 aliphatic rings. The van der Waals surface area contributed by atoms with Gasteiger partial charge in [0.05, 0.1) is 17.4 Å². The summed E-state index contributed by atoms with van der Waals surface area (Å²) in [7, 11) is 0. The van der Waals surface area contributed by atoms with Gasteiger partial charge in [-0.25, -0.2) is 0 Å². The minimum atomic E-state index is -0.279. The lowest BCUT2D eigenvalue weighted by atomic mass is 9.78. The van der Waals surface area contributed by atoms with Crippen molar-refractivity contribution in [3.8, 4) is 0 Å². The number of fused-ring (bicyclic) bond motifs is 1. The third kappa shape index (κ3) is 3.32. The molecule has 3 nitrogen and oxygen atoms in total. The molecule has 29 heavy (non-hydrogen) atoms. The highest BCUT2D eigenvalue weighted by Crippen LogP contribution is 2.45. The van der Waals surface area contributed by atoms with Crippen LogP contribution in [0.3, 0.4) is 0 Å². The molecule has 5 rings (SSSR count). The van der Waals surface area contributed by atoms with Crippen molar-refractivity contribution in [2.24, 2.45) is 0 Å². The Hall–Kier alpha value is -3.04. The number of hydrogen-bond acceptors (Lipinski definition) is 3. The second-order valence-electron chi connectivity index (χ2n) is 7.60. The van der Waals surface area contributed by atoms with Crippen molar-refractivity contribution in [3.05, 3.63) is 106 Å². The zero-order valence-corrected chi connectivity index (χ0v) is 16.6. The van der Waals surface area contributed by atoms with Crippen LogP contribution in [-0.2, 0) is 4.79 Å². The van der Waals surface area contributed by atoms with E-state index in [-0.39, 0.29) is 17.7 Å². The van der Waals surface area contributed by atoms with E-state index >= 15 is 0 Å². The summed E-state index contributed by atoms with van der Waals surface area (Å²) in [5, 5.41) is 7.80. The number of para-hydroxylation sites is 2. The first-order chi connectivity index (χ1) is 14.2. The van der Waals surface area contributed by atoms with E-state index < -0.39 is 0 Å². The zero-order valence-electron chi connectivity index (χ0n) is 15.9. The molecule has 0 unspecified atom stereocenters. The maximum Gasteiger partial charge on any atom is 0.163 e. The van der Waals surface area contributed by atoms with Crippen molar-refractivity contribution in [1.82, 2.24) is 0 Å². The van der Waals surface area contributed by atoms with Crippen molar-refractivity contribution in [3.63, 3.8) is 0 Å². The van der Waals surface area contributed by atoms with E-state index in [0.717, 1.165) is 34.6 Å². The second-order valence-corrected chi connectivity index (χ2v) is 8.01. The summed E-state index contributed by atoms with van der Waals surface area (Å²) in [6.45, 7) is 0. The predicted molar refractivity (Wildman–Crippen MR) is 118 cm³/mol. The number of nitrogens with one attached hydrogen (secondary N) is 2. The number of anilines is 2. The Kier molecular flexibility index (Phi) is 4.61. The van der Waals surface area contributed by atoms with Crippen LogP contribution in [0.1, 0.15) is 35.9 Å². The minimum absolute atomic E-state index is 0.165. The fourth-order valence-corrected chi connectivity index (χ4v) is 4.64. The van der Waals surface area contributed by atoms with Gasteiger partial charge in [0.25, 0.3) is 0 Å². The molecule has 0 bridgehead atoms. The molecule has 0 spiro atoms. The number of Topliss-reactive ketones (excluding diaryl/α,β-unsaturated/α-hetero) is 1. The second kappa shape index (κ2) is 7.41. The van der Waals surface area contributed by atoms with Crippen LogP contribution in [0.4, 0.5) is 11.4 Å². The number of rotatable bonds is 2. The molecular formula is C25H21ClN2O. The third-order valence-electron chi connectivity index (χ3n) is 5.80. The minimum Gasteiger partial charge on any atom is -0.372 e. The van der Waals surface area contributed by atoms with Crippen LogP contribution in [0.2, 0.25) is 5.02 Å². The van der Waals surface area contributed by atoms with Crippen LogP contribution in [0, 0.1) is 0 Å². The molecule has 0 radical (unpaired) electrons. The summed E-state index contributed by atoms with van der Waals surface area (Å²) in [6.07, 6.45) is 1.30. The molecule has 1 aliphatic carbocycles. The van der Waals surface area contributed by atoms with Gasteiger partial charge in [-0.3, -0.25) is 4.79 Å². The summed E-state index contributed by atoms with van der Waals surface area (Å²) in [4.78, 5) is 13.4.